The number of hydrogen-bond donors (Lipinski definition) is 2. The predicted octanol–water partition coefficient (Wildman–Crippen LogP) is 5.07. The first-order valence-corrected chi connectivity index (χ1v) is 13.8. The van der Waals surface area contributed by atoms with Crippen LogP contribution in [0, 0.1) is 5.41 Å². The van der Waals surface area contributed by atoms with E-state index in [4.69, 9.17) is 21.7 Å². The minimum Gasteiger partial charge on any atom is -0.490 e. The number of anilines is 1. The number of amidine groups is 1. The van der Waals surface area contributed by atoms with Crippen molar-refractivity contribution in [2.24, 2.45) is 0 Å². The number of ether oxygens (including phenoxy) is 1. The van der Waals surface area contributed by atoms with Crippen LogP contribution < -0.4 is 9.64 Å². The minimum absolute atomic E-state index is 0.0834. The van der Waals surface area contributed by atoms with Gasteiger partial charge in [-0.25, -0.2) is 4.79 Å². The Morgan fingerprint density at radius 2 is 1.61 bits per heavy atom. The van der Waals surface area contributed by atoms with Crippen LogP contribution in [0.3, 0.4) is 0 Å². The fourth-order valence-electron chi connectivity index (χ4n) is 5.20. The van der Waals surface area contributed by atoms with Gasteiger partial charge in [-0.1, -0.05) is 23.7 Å². The van der Waals surface area contributed by atoms with Gasteiger partial charge in [0.25, 0.3) is 5.91 Å². The van der Waals surface area contributed by atoms with E-state index in [-0.39, 0.29) is 43.1 Å². The minimum atomic E-state index is -1.08. The summed E-state index contributed by atoms with van der Waals surface area (Å²) in [6.45, 7) is 3.58. The summed E-state index contributed by atoms with van der Waals surface area (Å²) in [7, 11) is 0. The molecule has 2 N–H and O–H groups in total. The molecule has 0 radical (unpaired) electrons. The van der Waals surface area contributed by atoms with Crippen molar-refractivity contribution in [3.63, 3.8) is 0 Å². The van der Waals surface area contributed by atoms with Gasteiger partial charge in [-0.15, -0.1) is 0 Å². The number of fused-ring (bicyclic) bond motifs is 1. The number of halogens is 1. The van der Waals surface area contributed by atoms with Gasteiger partial charge in [0, 0.05) is 48.7 Å². The van der Waals surface area contributed by atoms with Crippen LogP contribution in [-0.4, -0.2) is 64.3 Å². The van der Waals surface area contributed by atoms with E-state index in [9.17, 15) is 19.5 Å². The lowest BCUT2D eigenvalue weighted by molar-refractivity contribution is -0.119. The van der Waals surface area contributed by atoms with Crippen molar-refractivity contribution in [2.45, 2.75) is 39.0 Å². The van der Waals surface area contributed by atoms with E-state index < -0.39 is 5.97 Å². The SMILES string of the molecule is CC(=N)N1CCC(Oc2ccc(CN3C(=O)CN(C(=O)c4ccc(Cl)cc4)Cc4cc(C(=O)O)ccc43)cc2)CC1. The largest absolute Gasteiger partial charge is 0.490 e. The normalized spacial score (nSPS) is 15.8. The van der Waals surface area contributed by atoms with Crippen LogP contribution in [0.4, 0.5) is 5.69 Å². The molecule has 2 heterocycles. The van der Waals surface area contributed by atoms with Crippen LogP contribution in [-0.2, 0) is 17.9 Å². The van der Waals surface area contributed by atoms with Gasteiger partial charge < -0.3 is 24.5 Å². The zero-order chi connectivity index (χ0) is 29.1. The topological polar surface area (TPSA) is 114 Å². The van der Waals surface area contributed by atoms with E-state index in [0.717, 1.165) is 37.2 Å². The molecular formula is C31H31ClN4O5. The lowest BCUT2D eigenvalue weighted by atomic mass is 10.1. The Labute approximate surface area is 243 Å². The fourth-order valence-corrected chi connectivity index (χ4v) is 5.33. The van der Waals surface area contributed by atoms with Crippen LogP contribution in [0.15, 0.2) is 66.7 Å². The second-order valence-corrected chi connectivity index (χ2v) is 10.8. The first kappa shape index (κ1) is 28.2. The molecule has 1 saturated heterocycles. The lowest BCUT2D eigenvalue weighted by Crippen LogP contribution is -2.40. The summed E-state index contributed by atoms with van der Waals surface area (Å²) >= 11 is 5.98. The third-order valence-corrected chi connectivity index (χ3v) is 7.72. The number of carbonyl (C=O) groups excluding carboxylic acids is 2. The molecule has 0 unspecified atom stereocenters. The highest BCUT2D eigenvalue weighted by Gasteiger charge is 2.30. The Kier molecular flexibility index (Phi) is 8.26. The van der Waals surface area contributed by atoms with E-state index in [1.54, 1.807) is 42.2 Å². The molecule has 0 saturated carbocycles. The van der Waals surface area contributed by atoms with Gasteiger partial charge in [0.1, 0.15) is 18.4 Å². The second-order valence-electron chi connectivity index (χ2n) is 10.3. The van der Waals surface area contributed by atoms with E-state index in [2.05, 4.69) is 0 Å². The summed E-state index contributed by atoms with van der Waals surface area (Å²) in [4.78, 5) is 43.7. The highest BCUT2D eigenvalue weighted by atomic mass is 35.5. The van der Waals surface area contributed by atoms with Crippen molar-refractivity contribution in [3.8, 4) is 5.75 Å². The summed E-state index contributed by atoms with van der Waals surface area (Å²) in [5, 5.41) is 17.9. The Morgan fingerprint density at radius 1 is 0.951 bits per heavy atom. The Morgan fingerprint density at radius 3 is 2.24 bits per heavy atom. The molecule has 3 aromatic rings. The number of aromatic carboxylic acids is 1. The maximum atomic E-state index is 13.6. The number of rotatable bonds is 6. The first-order chi connectivity index (χ1) is 19.7. The quantitative estimate of drug-likeness (QED) is 0.314. The van der Waals surface area contributed by atoms with Crippen molar-refractivity contribution in [3.05, 3.63) is 94.0 Å². The summed E-state index contributed by atoms with van der Waals surface area (Å²) in [6, 6.07) is 18.7. The average molecular weight is 575 g/mol. The van der Waals surface area contributed by atoms with Crippen LogP contribution in [0.25, 0.3) is 0 Å². The standard InChI is InChI=1S/C31H31ClN4O5/c1-20(33)34-14-12-27(13-15-34)41-26-9-2-21(3-10-26)17-36-28-11-6-23(31(39)40)16-24(28)18-35(19-29(36)37)30(38)22-4-7-25(32)8-5-22/h2-11,16,27,33H,12-15,17-19H2,1H3,(H,39,40). The third kappa shape index (κ3) is 6.52. The molecule has 0 aliphatic carbocycles. The third-order valence-electron chi connectivity index (χ3n) is 7.47. The molecule has 10 heteroatoms. The molecule has 0 bridgehead atoms. The van der Waals surface area contributed by atoms with Crippen molar-refractivity contribution in [1.29, 1.82) is 5.41 Å². The number of piperidine rings is 1. The maximum absolute atomic E-state index is 13.6. The summed E-state index contributed by atoms with van der Waals surface area (Å²) < 4.78 is 6.17. The van der Waals surface area contributed by atoms with Crippen molar-refractivity contribution in [1.82, 2.24) is 9.80 Å². The second kappa shape index (κ2) is 12.0. The van der Waals surface area contributed by atoms with E-state index in [1.165, 1.54) is 17.0 Å². The molecule has 2 amide bonds. The number of hydrogen-bond acceptors (Lipinski definition) is 5. The number of likely N-dealkylation sites (tertiary alicyclic amines) is 1. The predicted molar refractivity (Wildman–Crippen MR) is 156 cm³/mol. The first-order valence-electron chi connectivity index (χ1n) is 13.4. The van der Waals surface area contributed by atoms with E-state index in [1.807, 2.05) is 29.2 Å². The van der Waals surface area contributed by atoms with Crippen molar-refractivity contribution < 1.29 is 24.2 Å². The van der Waals surface area contributed by atoms with Crippen LogP contribution in [0.2, 0.25) is 5.02 Å². The highest BCUT2D eigenvalue weighted by Crippen LogP contribution is 2.30. The number of carboxylic acids is 1. The molecule has 0 spiro atoms. The Hall–Kier alpha value is -4.37. The lowest BCUT2D eigenvalue weighted by Gasteiger charge is -2.32. The summed E-state index contributed by atoms with van der Waals surface area (Å²) in [6.07, 6.45) is 1.78. The van der Waals surface area contributed by atoms with Crippen molar-refractivity contribution in [2.75, 3.05) is 24.5 Å². The van der Waals surface area contributed by atoms with Gasteiger partial charge in [0.15, 0.2) is 0 Å². The van der Waals surface area contributed by atoms with E-state index >= 15 is 0 Å². The van der Waals surface area contributed by atoms with E-state index in [0.29, 0.717) is 27.7 Å². The fraction of sp³-hybridized carbons (Fsp3) is 0.290. The molecule has 41 heavy (non-hydrogen) atoms. The monoisotopic (exact) mass is 574 g/mol. The van der Waals surface area contributed by atoms with Crippen LogP contribution in [0.1, 0.15) is 51.6 Å². The van der Waals surface area contributed by atoms with Gasteiger partial charge in [0.05, 0.1) is 17.9 Å². The Bertz CT molecular complexity index is 1470. The number of carbonyl (C=O) groups is 3. The average Bonchev–Trinajstić information content (AvgIpc) is 3.10. The van der Waals surface area contributed by atoms with Crippen molar-refractivity contribution >= 4 is 40.9 Å². The molecule has 3 aromatic carbocycles. The number of carboxylic acid groups (broad SMARTS) is 1. The number of nitrogens with one attached hydrogen (secondary N) is 1. The highest BCUT2D eigenvalue weighted by molar-refractivity contribution is 6.30. The molecule has 5 rings (SSSR count). The molecular weight excluding hydrogens is 544 g/mol. The molecule has 2 aliphatic rings. The molecule has 212 valence electrons. The number of amides is 2. The number of nitrogens with zero attached hydrogens (tertiary/aromatic N) is 3. The summed E-state index contributed by atoms with van der Waals surface area (Å²) in [5.41, 5.74) is 2.48. The molecule has 0 aromatic heterocycles. The zero-order valence-electron chi connectivity index (χ0n) is 22.7. The molecule has 0 atom stereocenters. The molecule has 1 fully saturated rings. The van der Waals surface area contributed by atoms with Crippen LogP contribution >= 0.6 is 11.6 Å². The molecule has 9 nitrogen and oxygen atoms in total. The van der Waals surface area contributed by atoms with Gasteiger partial charge in [0.2, 0.25) is 5.91 Å². The Balaban J connectivity index is 1.34. The smallest absolute Gasteiger partial charge is 0.335 e. The van der Waals surface area contributed by atoms with Gasteiger partial charge in [-0.3, -0.25) is 15.0 Å². The summed E-state index contributed by atoms with van der Waals surface area (Å²) in [5.74, 6) is -0.379. The van der Waals surface area contributed by atoms with Crippen LogP contribution in [0.5, 0.6) is 5.75 Å². The molecule has 2 aliphatic heterocycles. The van der Waals surface area contributed by atoms with Gasteiger partial charge >= 0.3 is 5.97 Å². The number of benzene rings is 3. The van der Waals surface area contributed by atoms with Gasteiger partial charge in [-0.05, 0) is 72.6 Å². The zero-order valence-corrected chi connectivity index (χ0v) is 23.4. The maximum Gasteiger partial charge on any atom is 0.335 e. The van der Waals surface area contributed by atoms with Gasteiger partial charge in [-0.2, -0.15) is 0 Å².